The van der Waals surface area contributed by atoms with Gasteiger partial charge in [0, 0.05) is 11.4 Å². The molecule has 0 aromatic carbocycles. The smallest absolute Gasteiger partial charge is 0.332 e. The van der Waals surface area contributed by atoms with Crippen LogP contribution in [0, 0.1) is 0 Å². The molecule has 2 nitrogen and oxygen atoms in total. The molecule has 0 aliphatic rings. The number of alkyl halides is 2. The van der Waals surface area contributed by atoms with Crippen molar-refractivity contribution in [3.05, 3.63) is 11.8 Å². The van der Waals surface area contributed by atoms with Crippen LogP contribution in [0.2, 0.25) is 0 Å². The molecular formula is C6H10F2N2. The number of nitrogens with zero attached hydrogens (tertiary/aromatic N) is 1. The van der Waals surface area contributed by atoms with Crippen molar-refractivity contribution in [1.82, 2.24) is 0 Å². The first-order chi connectivity index (χ1) is 4.52. The number of nitrogens with two attached hydrogens (primary N) is 1. The average molecular weight is 148 g/mol. The maximum Gasteiger partial charge on any atom is 0.332 e. The zero-order chi connectivity index (χ0) is 8.15. The summed E-state index contributed by atoms with van der Waals surface area (Å²) in [6, 6.07) is 0. The molecule has 0 radical (unpaired) electrons. The highest BCUT2D eigenvalue weighted by Crippen LogP contribution is 1.95. The van der Waals surface area contributed by atoms with Gasteiger partial charge in [-0.15, -0.1) is 0 Å². The molecule has 4 heteroatoms. The van der Waals surface area contributed by atoms with Gasteiger partial charge in [0.15, 0.2) is 0 Å². The molecule has 0 spiro atoms. The Bertz CT molecular complexity index is 157. The van der Waals surface area contributed by atoms with Crippen LogP contribution in [0.15, 0.2) is 16.8 Å². The van der Waals surface area contributed by atoms with Crippen LogP contribution < -0.4 is 5.73 Å². The highest BCUT2D eigenvalue weighted by atomic mass is 19.3. The van der Waals surface area contributed by atoms with Crippen LogP contribution in [0.4, 0.5) is 8.78 Å². The summed E-state index contributed by atoms with van der Waals surface area (Å²) >= 11 is 0. The molecule has 0 heterocycles. The Labute approximate surface area is 58.4 Å². The zero-order valence-electron chi connectivity index (χ0n) is 5.94. The predicted octanol–water partition coefficient (Wildman–Crippen LogP) is 1.53. The van der Waals surface area contributed by atoms with Crippen LogP contribution in [0.3, 0.4) is 0 Å². The Morgan fingerprint density at radius 2 is 2.00 bits per heavy atom. The summed E-state index contributed by atoms with van der Waals surface area (Å²) in [5.41, 5.74) is 5.92. The van der Waals surface area contributed by atoms with Crippen LogP contribution in [0.1, 0.15) is 13.8 Å². The van der Waals surface area contributed by atoms with Gasteiger partial charge >= 0.3 is 6.55 Å². The Morgan fingerprint density at radius 1 is 1.50 bits per heavy atom. The van der Waals surface area contributed by atoms with Crippen molar-refractivity contribution in [3.8, 4) is 0 Å². The summed E-state index contributed by atoms with van der Waals surface area (Å²) in [7, 11) is 0. The first-order valence-corrected chi connectivity index (χ1v) is 2.78. The Kier molecular flexibility index (Phi) is 3.61. The van der Waals surface area contributed by atoms with Crippen molar-refractivity contribution >= 4 is 5.71 Å². The molecule has 0 unspecified atom stereocenters. The molecule has 0 aromatic rings. The van der Waals surface area contributed by atoms with Crippen molar-refractivity contribution in [2.24, 2.45) is 10.7 Å². The summed E-state index contributed by atoms with van der Waals surface area (Å²) in [4.78, 5) is 2.94. The van der Waals surface area contributed by atoms with Crippen molar-refractivity contribution in [2.45, 2.75) is 20.4 Å². The van der Waals surface area contributed by atoms with Gasteiger partial charge in [-0.2, -0.15) is 8.78 Å². The summed E-state index contributed by atoms with van der Waals surface area (Å²) in [5.74, 6) is 0. The third-order valence-electron chi connectivity index (χ3n) is 0.738. The standard InChI is InChI=1S/C6H10F2N2/c1-4(9)3-5(2)10-6(7)8/h3,6H,9H2,1-2H3/b4-3-,10-5+. The summed E-state index contributed by atoms with van der Waals surface area (Å²) in [5, 5.41) is 0. The number of allylic oxidation sites excluding steroid dienone is 2. The Morgan fingerprint density at radius 3 is 2.30 bits per heavy atom. The Balaban J connectivity index is 4.08. The maximum absolute atomic E-state index is 11.5. The minimum absolute atomic E-state index is 0.245. The van der Waals surface area contributed by atoms with Gasteiger partial charge in [-0.3, -0.25) is 0 Å². The fraction of sp³-hybridized carbons (Fsp3) is 0.500. The third-order valence-corrected chi connectivity index (χ3v) is 0.738. The van der Waals surface area contributed by atoms with Crippen molar-refractivity contribution in [1.29, 1.82) is 0 Å². The lowest BCUT2D eigenvalue weighted by molar-refractivity contribution is 0.160. The minimum Gasteiger partial charge on any atom is -0.402 e. The molecule has 0 saturated heterocycles. The van der Waals surface area contributed by atoms with Gasteiger partial charge in [0.1, 0.15) is 0 Å². The molecule has 0 aliphatic heterocycles. The first-order valence-electron chi connectivity index (χ1n) is 2.78. The fourth-order valence-electron chi connectivity index (χ4n) is 0.521. The Hall–Kier alpha value is -0.930. The number of hydrogen-bond acceptors (Lipinski definition) is 2. The van der Waals surface area contributed by atoms with Gasteiger partial charge in [-0.05, 0) is 19.9 Å². The van der Waals surface area contributed by atoms with E-state index in [1.54, 1.807) is 6.92 Å². The lowest BCUT2D eigenvalue weighted by Crippen LogP contribution is -1.97. The van der Waals surface area contributed by atoms with Gasteiger partial charge in [-0.25, -0.2) is 4.99 Å². The summed E-state index contributed by atoms with van der Waals surface area (Å²) in [6.07, 6.45) is 1.40. The molecule has 58 valence electrons. The monoisotopic (exact) mass is 148 g/mol. The van der Waals surface area contributed by atoms with Crippen LogP contribution in [0.25, 0.3) is 0 Å². The van der Waals surface area contributed by atoms with E-state index in [0.29, 0.717) is 5.70 Å². The molecule has 0 aliphatic carbocycles. The van der Waals surface area contributed by atoms with E-state index >= 15 is 0 Å². The van der Waals surface area contributed by atoms with Gasteiger partial charge < -0.3 is 5.73 Å². The van der Waals surface area contributed by atoms with Gasteiger partial charge in [0.05, 0.1) is 0 Å². The van der Waals surface area contributed by atoms with Gasteiger partial charge in [0.2, 0.25) is 0 Å². The number of hydrogen-bond donors (Lipinski definition) is 1. The summed E-state index contributed by atoms with van der Waals surface area (Å²) < 4.78 is 23.0. The second kappa shape index (κ2) is 3.98. The zero-order valence-corrected chi connectivity index (χ0v) is 5.94. The average Bonchev–Trinajstić information content (AvgIpc) is 1.58. The van der Waals surface area contributed by atoms with E-state index < -0.39 is 6.55 Å². The van der Waals surface area contributed by atoms with Crippen LogP contribution in [-0.4, -0.2) is 12.3 Å². The number of aliphatic imine (C=N–C) groups is 1. The lowest BCUT2D eigenvalue weighted by atomic mass is 10.3. The quantitative estimate of drug-likeness (QED) is 0.468. The van der Waals surface area contributed by atoms with Crippen molar-refractivity contribution in [2.75, 3.05) is 0 Å². The number of rotatable bonds is 2. The van der Waals surface area contributed by atoms with E-state index in [1.165, 1.54) is 13.0 Å². The molecular weight excluding hydrogens is 138 g/mol. The molecule has 0 atom stereocenters. The van der Waals surface area contributed by atoms with Crippen LogP contribution in [0.5, 0.6) is 0 Å². The highest BCUT2D eigenvalue weighted by molar-refractivity contribution is 5.93. The van der Waals surface area contributed by atoms with Crippen molar-refractivity contribution < 1.29 is 8.78 Å². The normalized spacial score (nSPS) is 14.5. The van der Waals surface area contributed by atoms with Crippen LogP contribution in [-0.2, 0) is 0 Å². The minimum atomic E-state index is -2.64. The summed E-state index contributed by atoms with van der Waals surface area (Å²) in [6.45, 7) is 0.447. The van der Waals surface area contributed by atoms with E-state index in [2.05, 4.69) is 4.99 Å². The molecule has 0 aromatic heterocycles. The topological polar surface area (TPSA) is 38.4 Å². The third kappa shape index (κ3) is 5.21. The van der Waals surface area contributed by atoms with E-state index in [-0.39, 0.29) is 5.71 Å². The molecule has 2 N–H and O–H groups in total. The van der Waals surface area contributed by atoms with E-state index in [9.17, 15) is 8.78 Å². The molecule has 0 amide bonds. The second-order valence-electron chi connectivity index (χ2n) is 1.94. The predicted molar refractivity (Wildman–Crippen MR) is 37.1 cm³/mol. The molecule has 10 heavy (non-hydrogen) atoms. The van der Waals surface area contributed by atoms with Gasteiger partial charge in [-0.1, -0.05) is 0 Å². The van der Waals surface area contributed by atoms with E-state index in [0.717, 1.165) is 0 Å². The maximum atomic E-state index is 11.5. The lowest BCUT2D eigenvalue weighted by Gasteiger charge is -1.92. The molecule has 0 saturated carbocycles. The second-order valence-corrected chi connectivity index (χ2v) is 1.94. The molecule has 0 rings (SSSR count). The number of halogens is 2. The van der Waals surface area contributed by atoms with E-state index in [4.69, 9.17) is 5.73 Å². The van der Waals surface area contributed by atoms with Crippen molar-refractivity contribution in [3.63, 3.8) is 0 Å². The largest absolute Gasteiger partial charge is 0.402 e. The highest BCUT2D eigenvalue weighted by Gasteiger charge is 1.95. The van der Waals surface area contributed by atoms with Gasteiger partial charge in [0.25, 0.3) is 0 Å². The molecule has 0 bridgehead atoms. The van der Waals surface area contributed by atoms with E-state index in [1.807, 2.05) is 0 Å². The SMILES string of the molecule is C/C(N)=C/C(C)=N/C(F)F. The molecule has 0 fully saturated rings. The van der Waals surface area contributed by atoms with Crippen LogP contribution >= 0.6 is 0 Å². The fourth-order valence-corrected chi connectivity index (χ4v) is 0.521. The first kappa shape index (κ1) is 9.07.